The fraction of sp³-hybridized carbons (Fsp3) is 0.462. The zero-order valence-electron chi connectivity index (χ0n) is 11.4. The number of hydrogen-bond acceptors (Lipinski definition) is 5. The van der Waals surface area contributed by atoms with E-state index in [4.69, 9.17) is 11.6 Å². The van der Waals surface area contributed by atoms with Gasteiger partial charge in [0.25, 0.3) is 0 Å². The maximum atomic E-state index is 11.1. The van der Waals surface area contributed by atoms with E-state index in [1.54, 1.807) is 23.7 Å². The van der Waals surface area contributed by atoms with Crippen molar-refractivity contribution in [3.8, 4) is 0 Å². The molecule has 0 aliphatic heterocycles. The number of nitrogens with zero attached hydrogens (tertiary/aromatic N) is 3. The number of esters is 1. The molecule has 0 aliphatic carbocycles. The number of carbonyl (C=O) groups excluding carboxylic acids is 1. The van der Waals surface area contributed by atoms with Crippen molar-refractivity contribution >= 4 is 28.9 Å². The number of carbonyl (C=O) groups is 1. The number of aryl methyl sites for hydroxylation is 1. The number of aromatic nitrogens is 3. The van der Waals surface area contributed by atoms with Crippen LogP contribution in [0.15, 0.2) is 17.8 Å². The number of halogens is 1. The average Bonchev–Trinajstić information content (AvgIpc) is 3.05. The van der Waals surface area contributed by atoms with Gasteiger partial charge in [-0.2, -0.15) is 5.10 Å². The maximum Gasteiger partial charge on any atom is 0.305 e. The second kappa shape index (κ2) is 6.85. The lowest BCUT2D eigenvalue weighted by atomic mass is 10.2. The summed E-state index contributed by atoms with van der Waals surface area (Å²) in [7, 11) is 1.39. The Morgan fingerprint density at radius 2 is 2.40 bits per heavy atom. The van der Waals surface area contributed by atoms with E-state index in [0.717, 1.165) is 17.1 Å². The molecule has 0 N–H and O–H groups in total. The third-order valence-electron chi connectivity index (χ3n) is 2.90. The van der Waals surface area contributed by atoms with E-state index < -0.39 is 0 Å². The highest BCUT2D eigenvalue weighted by Gasteiger charge is 2.11. The first kappa shape index (κ1) is 15.0. The fourth-order valence-corrected chi connectivity index (χ4v) is 2.89. The molecule has 7 heteroatoms. The van der Waals surface area contributed by atoms with E-state index in [-0.39, 0.29) is 12.0 Å². The third-order valence-corrected chi connectivity index (χ3v) is 4.02. The predicted molar refractivity (Wildman–Crippen MR) is 78.1 cm³/mol. The minimum absolute atomic E-state index is 0.196. The van der Waals surface area contributed by atoms with Crippen molar-refractivity contribution in [3.63, 3.8) is 0 Å². The molecule has 0 saturated carbocycles. The Morgan fingerprint density at radius 1 is 1.60 bits per heavy atom. The lowest BCUT2D eigenvalue weighted by Crippen LogP contribution is -2.08. The van der Waals surface area contributed by atoms with E-state index in [0.29, 0.717) is 17.9 Å². The molecule has 0 bridgehead atoms. The standard InChI is InChI=1S/C13H16ClN3O2S/c1-9(17-7-10(14)6-15-17)5-12-16-11(8-20-12)3-4-13(18)19-2/h6-9H,3-5H2,1-2H3. The van der Waals surface area contributed by atoms with Crippen molar-refractivity contribution in [2.45, 2.75) is 32.2 Å². The van der Waals surface area contributed by atoms with Gasteiger partial charge in [-0.1, -0.05) is 11.6 Å². The highest BCUT2D eigenvalue weighted by Crippen LogP contribution is 2.19. The molecule has 0 radical (unpaired) electrons. The van der Waals surface area contributed by atoms with E-state index in [1.807, 2.05) is 10.1 Å². The molecule has 2 rings (SSSR count). The zero-order chi connectivity index (χ0) is 14.5. The molecule has 0 saturated heterocycles. The van der Waals surface area contributed by atoms with Crippen molar-refractivity contribution in [2.24, 2.45) is 0 Å². The summed E-state index contributed by atoms with van der Waals surface area (Å²) < 4.78 is 6.45. The molecule has 2 aromatic rings. The normalized spacial score (nSPS) is 12.3. The second-order valence-corrected chi connectivity index (χ2v) is 5.88. The number of hydrogen-bond donors (Lipinski definition) is 0. The quantitative estimate of drug-likeness (QED) is 0.769. The largest absolute Gasteiger partial charge is 0.469 e. The Hall–Kier alpha value is -1.40. The SMILES string of the molecule is COC(=O)CCc1csc(CC(C)n2cc(Cl)cn2)n1. The number of ether oxygens (including phenoxy) is 1. The van der Waals surface area contributed by atoms with Crippen molar-refractivity contribution in [1.29, 1.82) is 0 Å². The molecule has 0 spiro atoms. The Morgan fingerprint density at radius 3 is 3.05 bits per heavy atom. The Bertz CT molecular complexity index is 582. The summed E-state index contributed by atoms with van der Waals surface area (Å²) in [5.74, 6) is -0.209. The summed E-state index contributed by atoms with van der Waals surface area (Å²) in [5.41, 5.74) is 0.932. The fourth-order valence-electron chi connectivity index (χ4n) is 1.79. The molecule has 20 heavy (non-hydrogen) atoms. The molecule has 0 fully saturated rings. The first-order chi connectivity index (χ1) is 9.58. The van der Waals surface area contributed by atoms with E-state index in [9.17, 15) is 4.79 Å². The first-order valence-electron chi connectivity index (χ1n) is 6.28. The smallest absolute Gasteiger partial charge is 0.305 e. The van der Waals surface area contributed by atoms with Gasteiger partial charge in [-0.15, -0.1) is 11.3 Å². The van der Waals surface area contributed by atoms with Crippen molar-refractivity contribution in [3.05, 3.63) is 33.5 Å². The Balaban J connectivity index is 1.90. The van der Waals surface area contributed by atoms with Crippen LogP contribution in [0, 0.1) is 0 Å². The van der Waals surface area contributed by atoms with E-state index in [1.165, 1.54) is 7.11 Å². The number of rotatable bonds is 6. The van der Waals surface area contributed by atoms with Crippen molar-refractivity contribution in [2.75, 3.05) is 7.11 Å². The monoisotopic (exact) mass is 313 g/mol. The first-order valence-corrected chi connectivity index (χ1v) is 7.54. The molecule has 0 aliphatic rings. The molecular formula is C13H16ClN3O2S. The zero-order valence-corrected chi connectivity index (χ0v) is 12.9. The van der Waals surface area contributed by atoms with Gasteiger partial charge in [0, 0.05) is 24.4 Å². The Labute approximate surface area is 126 Å². The van der Waals surface area contributed by atoms with Crippen LogP contribution in [0.3, 0.4) is 0 Å². The number of methoxy groups -OCH3 is 1. The van der Waals surface area contributed by atoms with Gasteiger partial charge in [0.15, 0.2) is 0 Å². The highest BCUT2D eigenvalue weighted by atomic mass is 35.5. The van der Waals surface area contributed by atoms with Crippen LogP contribution in [0.5, 0.6) is 0 Å². The summed E-state index contributed by atoms with van der Waals surface area (Å²) in [5, 5.41) is 7.84. The van der Waals surface area contributed by atoms with Crippen LogP contribution in [0.4, 0.5) is 0 Å². The molecule has 5 nitrogen and oxygen atoms in total. The maximum absolute atomic E-state index is 11.1. The number of thiazole rings is 1. The van der Waals surface area contributed by atoms with Crippen LogP contribution in [0.2, 0.25) is 5.02 Å². The molecule has 2 aromatic heterocycles. The third kappa shape index (κ3) is 4.05. The summed E-state index contributed by atoms with van der Waals surface area (Å²) in [6.45, 7) is 2.07. The van der Waals surface area contributed by atoms with Gasteiger partial charge in [-0.05, 0) is 6.92 Å². The molecule has 108 valence electrons. The minimum atomic E-state index is -0.209. The van der Waals surface area contributed by atoms with Crippen molar-refractivity contribution in [1.82, 2.24) is 14.8 Å². The predicted octanol–water partition coefficient (Wildman–Crippen LogP) is 2.90. The Kier molecular flexibility index (Phi) is 5.14. The summed E-state index contributed by atoms with van der Waals surface area (Å²) >= 11 is 7.46. The van der Waals surface area contributed by atoms with Crippen LogP contribution in [-0.4, -0.2) is 27.8 Å². The highest BCUT2D eigenvalue weighted by molar-refractivity contribution is 7.09. The van der Waals surface area contributed by atoms with E-state index in [2.05, 4.69) is 21.7 Å². The van der Waals surface area contributed by atoms with Gasteiger partial charge in [-0.25, -0.2) is 4.98 Å². The van der Waals surface area contributed by atoms with Gasteiger partial charge in [0.05, 0.1) is 41.5 Å². The summed E-state index contributed by atoms with van der Waals surface area (Å²) in [6, 6.07) is 0.196. The molecule has 0 aromatic carbocycles. The molecule has 2 heterocycles. The van der Waals surface area contributed by atoms with Crippen LogP contribution in [0.25, 0.3) is 0 Å². The average molecular weight is 314 g/mol. The second-order valence-electron chi connectivity index (χ2n) is 4.50. The molecule has 0 amide bonds. The summed E-state index contributed by atoms with van der Waals surface area (Å²) in [6.07, 6.45) is 5.20. The summed E-state index contributed by atoms with van der Waals surface area (Å²) in [4.78, 5) is 15.6. The van der Waals surface area contributed by atoms with Gasteiger partial charge in [0.2, 0.25) is 0 Å². The molecule has 1 unspecified atom stereocenters. The van der Waals surface area contributed by atoms with Gasteiger partial charge in [-0.3, -0.25) is 9.48 Å². The van der Waals surface area contributed by atoms with E-state index >= 15 is 0 Å². The lowest BCUT2D eigenvalue weighted by molar-refractivity contribution is -0.140. The lowest BCUT2D eigenvalue weighted by Gasteiger charge is -2.09. The topological polar surface area (TPSA) is 57.0 Å². The van der Waals surface area contributed by atoms with Gasteiger partial charge < -0.3 is 4.74 Å². The van der Waals surface area contributed by atoms with Gasteiger partial charge in [0.1, 0.15) is 0 Å². The minimum Gasteiger partial charge on any atom is -0.469 e. The van der Waals surface area contributed by atoms with Crippen LogP contribution in [0.1, 0.15) is 30.1 Å². The van der Waals surface area contributed by atoms with Crippen LogP contribution < -0.4 is 0 Å². The van der Waals surface area contributed by atoms with Crippen LogP contribution >= 0.6 is 22.9 Å². The molecular weight excluding hydrogens is 298 g/mol. The molecule has 1 atom stereocenters. The van der Waals surface area contributed by atoms with Gasteiger partial charge >= 0.3 is 5.97 Å². The van der Waals surface area contributed by atoms with Crippen molar-refractivity contribution < 1.29 is 9.53 Å². The van der Waals surface area contributed by atoms with Crippen LogP contribution in [-0.2, 0) is 22.4 Å².